The molecule has 0 saturated carbocycles. The molecule has 30 heavy (non-hydrogen) atoms. The highest BCUT2D eigenvalue weighted by Crippen LogP contribution is 2.34. The summed E-state index contributed by atoms with van der Waals surface area (Å²) < 4.78 is 20.6. The normalized spacial score (nSPS) is 20.3. The SMILES string of the molecule is CCCCOc1ccc(C(=O)N(C)c2ccc(N3CC[C@@H]4CNC[C@@H]43)c(F)c2)cc1. The van der Waals surface area contributed by atoms with Crippen LogP contribution in [0, 0.1) is 11.7 Å². The number of fused-ring (bicyclic) bond motifs is 1. The number of benzene rings is 2. The third kappa shape index (κ3) is 4.15. The first-order valence-electron chi connectivity index (χ1n) is 10.9. The van der Waals surface area contributed by atoms with Gasteiger partial charge in [-0.2, -0.15) is 0 Å². The molecule has 2 aliphatic rings. The van der Waals surface area contributed by atoms with Gasteiger partial charge in [-0.3, -0.25) is 4.79 Å². The molecule has 160 valence electrons. The van der Waals surface area contributed by atoms with E-state index in [-0.39, 0.29) is 11.7 Å². The minimum Gasteiger partial charge on any atom is -0.494 e. The van der Waals surface area contributed by atoms with Gasteiger partial charge in [-0.15, -0.1) is 0 Å². The number of carbonyl (C=O) groups excluding carboxylic acids is 1. The van der Waals surface area contributed by atoms with E-state index >= 15 is 0 Å². The van der Waals surface area contributed by atoms with E-state index < -0.39 is 0 Å². The maximum atomic E-state index is 15.0. The number of hydrogen-bond donors (Lipinski definition) is 1. The van der Waals surface area contributed by atoms with Crippen LogP contribution in [-0.4, -0.2) is 45.2 Å². The zero-order valence-corrected chi connectivity index (χ0v) is 17.7. The van der Waals surface area contributed by atoms with Gasteiger partial charge in [-0.1, -0.05) is 13.3 Å². The van der Waals surface area contributed by atoms with Gasteiger partial charge in [-0.25, -0.2) is 4.39 Å². The summed E-state index contributed by atoms with van der Waals surface area (Å²) in [6, 6.07) is 12.6. The second kappa shape index (κ2) is 9.04. The Labute approximate surface area is 177 Å². The van der Waals surface area contributed by atoms with Gasteiger partial charge >= 0.3 is 0 Å². The number of unbranched alkanes of at least 4 members (excludes halogenated alkanes) is 1. The highest BCUT2D eigenvalue weighted by atomic mass is 19.1. The van der Waals surface area contributed by atoms with Crippen molar-refractivity contribution < 1.29 is 13.9 Å². The average Bonchev–Trinajstić information content (AvgIpc) is 3.38. The van der Waals surface area contributed by atoms with Crippen LogP contribution in [0.5, 0.6) is 5.75 Å². The second-order valence-electron chi connectivity index (χ2n) is 8.19. The third-order valence-electron chi connectivity index (χ3n) is 6.25. The van der Waals surface area contributed by atoms with Crippen molar-refractivity contribution in [3.05, 3.63) is 53.8 Å². The molecule has 2 heterocycles. The molecule has 0 unspecified atom stereocenters. The number of carbonyl (C=O) groups is 1. The van der Waals surface area contributed by atoms with E-state index in [1.165, 1.54) is 11.0 Å². The molecule has 0 aliphatic carbocycles. The predicted molar refractivity (Wildman–Crippen MR) is 118 cm³/mol. The molecule has 0 radical (unpaired) electrons. The van der Waals surface area contributed by atoms with Crippen LogP contribution in [0.3, 0.4) is 0 Å². The van der Waals surface area contributed by atoms with E-state index in [0.29, 0.717) is 35.5 Å². The molecule has 5 nitrogen and oxygen atoms in total. The lowest BCUT2D eigenvalue weighted by Crippen LogP contribution is -2.34. The van der Waals surface area contributed by atoms with Gasteiger partial charge in [0.2, 0.25) is 0 Å². The van der Waals surface area contributed by atoms with Crippen molar-refractivity contribution in [2.75, 3.05) is 43.1 Å². The van der Waals surface area contributed by atoms with Crippen molar-refractivity contribution in [2.24, 2.45) is 5.92 Å². The second-order valence-corrected chi connectivity index (χ2v) is 8.19. The molecule has 2 aliphatic heterocycles. The van der Waals surface area contributed by atoms with Crippen LogP contribution < -0.4 is 19.9 Å². The van der Waals surface area contributed by atoms with Crippen LogP contribution in [0.1, 0.15) is 36.5 Å². The summed E-state index contributed by atoms with van der Waals surface area (Å²) in [7, 11) is 1.68. The Bertz CT molecular complexity index is 887. The monoisotopic (exact) mass is 411 g/mol. The Morgan fingerprint density at radius 3 is 2.77 bits per heavy atom. The molecular weight excluding hydrogens is 381 g/mol. The Morgan fingerprint density at radius 1 is 1.23 bits per heavy atom. The molecule has 0 bridgehead atoms. The molecule has 2 aromatic rings. The molecule has 2 saturated heterocycles. The van der Waals surface area contributed by atoms with E-state index in [4.69, 9.17) is 4.74 Å². The zero-order valence-electron chi connectivity index (χ0n) is 17.7. The van der Waals surface area contributed by atoms with Crippen molar-refractivity contribution in [1.29, 1.82) is 0 Å². The molecule has 1 N–H and O–H groups in total. The number of ether oxygens (including phenoxy) is 1. The van der Waals surface area contributed by atoms with Crippen molar-refractivity contribution in [2.45, 2.75) is 32.2 Å². The van der Waals surface area contributed by atoms with Crippen LogP contribution in [0.25, 0.3) is 0 Å². The van der Waals surface area contributed by atoms with E-state index in [9.17, 15) is 9.18 Å². The molecule has 1 amide bonds. The quantitative estimate of drug-likeness (QED) is 0.698. The first-order chi connectivity index (χ1) is 14.6. The number of hydrogen-bond acceptors (Lipinski definition) is 4. The average molecular weight is 412 g/mol. The van der Waals surface area contributed by atoms with Crippen LogP contribution in [0.15, 0.2) is 42.5 Å². The van der Waals surface area contributed by atoms with Gasteiger partial charge in [0.1, 0.15) is 11.6 Å². The number of nitrogens with one attached hydrogen (secondary N) is 1. The minimum absolute atomic E-state index is 0.177. The van der Waals surface area contributed by atoms with E-state index in [1.807, 2.05) is 6.07 Å². The van der Waals surface area contributed by atoms with Gasteiger partial charge < -0.3 is 19.9 Å². The molecule has 6 heteroatoms. The van der Waals surface area contributed by atoms with E-state index in [0.717, 1.165) is 44.6 Å². The molecule has 2 atom stereocenters. The van der Waals surface area contributed by atoms with Gasteiger partial charge in [0.05, 0.1) is 12.3 Å². The summed E-state index contributed by atoms with van der Waals surface area (Å²) in [6.45, 7) is 5.59. The van der Waals surface area contributed by atoms with Gasteiger partial charge in [0.25, 0.3) is 5.91 Å². The van der Waals surface area contributed by atoms with Crippen LogP contribution in [0.4, 0.5) is 15.8 Å². The Balaban J connectivity index is 1.44. The number of halogens is 1. The van der Waals surface area contributed by atoms with Crippen LogP contribution >= 0.6 is 0 Å². The zero-order chi connectivity index (χ0) is 21.1. The van der Waals surface area contributed by atoms with Crippen molar-refractivity contribution >= 4 is 17.3 Å². The van der Waals surface area contributed by atoms with Gasteiger partial charge in [-0.05, 0) is 61.2 Å². The topological polar surface area (TPSA) is 44.8 Å². The fourth-order valence-corrected chi connectivity index (χ4v) is 4.42. The summed E-state index contributed by atoms with van der Waals surface area (Å²) in [5.74, 6) is 0.897. The Kier molecular flexibility index (Phi) is 6.23. The molecule has 0 spiro atoms. The first-order valence-corrected chi connectivity index (χ1v) is 10.9. The lowest BCUT2D eigenvalue weighted by molar-refractivity contribution is 0.0993. The summed E-state index contributed by atoms with van der Waals surface area (Å²) in [6.07, 6.45) is 3.17. The third-order valence-corrected chi connectivity index (χ3v) is 6.25. The highest BCUT2D eigenvalue weighted by Gasteiger charge is 2.38. The molecule has 4 rings (SSSR count). The molecule has 2 fully saturated rings. The lowest BCUT2D eigenvalue weighted by atomic mass is 10.0. The van der Waals surface area contributed by atoms with Gasteiger partial charge in [0, 0.05) is 44.0 Å². The fourth-order valence-electron chi connectivity index (χ4n) is 4.42. The maximum absolute atomic E-state index is 15.0. The maximum Gasteiger partial charge on any atom is 0.258 e. The molecular formula is C24H30FN3O2. The molecule has 0 aromatic heterocycles. The van der Waals surface area contributed by atoms with E-state index in [1.54, 1.807) is 37.4 Å². The number of nitrogens with zero attached hydrogens (tertiary/aromatic N) is 2. The minimum atomic E-state index is -0.278. The van der Waals surface area contributed by atoms with Crippen molar-refractivity contribution in [3.8, 4) is 5.75 Å². The number of anilines is 2. The van der Waals surface area contributed by atoms with Crippen molar-refractivity contribution in [3.63, 3.8) is 0 Å². The Hall–Kier alpha value is -2.60. The summed E-state index contributed by atoms with van der Waals surface area (Å²) in [5, 5.41) is 3.40. The number of amides is 1. The van der Waals surface area contributed by atoms with Crippen molar-refractivity contribution in [1.82, 2.24) is 5.32 Å². The molecule has 2 aromatic carbocycles. The lowest BCUT2D eigenvalue weighted by Gasteiger charge is -2.27. The largest absolute Gasteiger partial charge is 0.494 e. The summed E-state index contributed by atoms with van der Waals surface area (Å²) in [4.78, 5) is 16.5. The van der Waals surface area contributed by atoms with Crippen LogP contribution in [-0.2, 0) is 0 Å². The fraction of sp³-hybridized carbons (Fsp3) is 0.458. The summed E-state index contributed by atoms with van der Waals surface area (Å²) in [5.41, 5.74) is 1.72. The number of rotatable bonds is 7. The van der Waals surface area contributed by atoms with Crippen LogP contribution in [0.2, 0.25) is 0 Å². The Morgan fingerprint density at radius 2 is 2.03 bits per heavy atom. The standard InChI is InChI=1S/C24H30FN3O2/c1-3-4-13-30-20-8-5-17(6-9-20)24(29)27(2)19-7-10-22(21(25)14-19)28-12-11-18-15-26-16-23(18)28/h5-10,14,18,23,26H,3-4,11-13,15-16H2,1-2H3/t18-,23+/m1/s1. The summed E-state index contributed by atoms with van der Waals surface area (Å²) >= 11 is 0. The highest BCUT2D eigenvalue weighted by molar-refractivity contribution is 6.05. The van der Waals surface area contributed by atoms with Gasteiger partial charge in [0.15, 0.2) is 0 Å². The smallest absolute Gasteiger partial charge is 0.258 e. The first kappa shape index (κ1) is 20.7. The van der Waals surface area contributed by atoms with E-state index in [2.05, 4.69) is 17.1 Å². The predicted octanol–water partition coefficient (Wildman–Crippen LogP) is 4.08.